The predicted octanol–water partition coefficient (Wildman–Crippen LogP) is 4.30. The third-order valence-electron chi connectivity index (χ3n) is 4.67. The average molecular weight is 385 g/mol. The Morgan fingerprint density at radius 3 is 1.74 bits per heavy atom. The molecule has 0 unspecified atom stereocenters. The maximum atomic E-state index is 11.9. The molecule has 0 spiro atoms. The van der Waals surface area contributed by atoms with Crippen molar-refractivity contribution in [2.45, 2.75) is 93.1 Å². The molecule has 0 heterocycles. The molecule has 0 aromatic heterocycles. The smallest absolute Gasteiger partial charge is 0.222 e. The quantitative estimate of drug-likeness (QED) is 0.469. The molecule has 2 amide bonds. The van der Waals surface area contributed by atoms with E-state index < -0.39 is 0 Å². The van der Waals surface area contributed by atoms with Crippen LogP contribution in [-0.4, -0.2) is 37.1 Å². The van der Waals surface area contributed by atoms with Crippen LogP contribution in [0.3, 0.4) is 0 Å². The third kappa shape index (κ3) is 15.6. The molecule has 0 fully saturated rings. The molecule has 0 saturated carbocycles. The molecule has 0 aromatic rings. The largest absolute Gasteiger partial charge is 0.375 e. The lowest BCUT2D eigenvalue weighted by atomic mass is 9.80. The molecule has 0 bridgehead atoms. The van der Waals surface area contributed by atoms with Crippen LogP contribution < -0.4 is 10.6 Å². The lowest BCUT2D eigenvalue weighted by Crippen LogP contribution is -2.32. The first-order valence-electron chi connectivity index (χ1n) is 10.5. The van der Waals surface area contributed by atoms with E-state index in [0.29, 0.717) is 37.8 Å². The van der Waals surface area contributed by atoms with Gasteiger partial charge in [-0.3, -0.25) is 9.59 Å². The molecule has 0 aliphatic carbocycles. The monoisotopic (exact) mass is 384 g/mol. The summed E-state index contributed by atoms with van der Waals surface area (Å²) in [4.78, 5) is 23.7. The van der Waals surface area contributed by atoms with Crippen LogP contribution in [0.1, 0.15) is 87.5 Å². The summed E-state index contributed by atoms with van der Waals surface area (Å²) in [6.07, 6.45) is 3.72. The molecular formula is C22H44N2O3. The zero-order chi connectivity index (χ0) is 21.1. The van der Waals surface area contributed by atoms with Crippen molar-refractivity contribution in [3.05, 3.63) is 0 Å². The highest BCUT2D eigenvalue weighted by Gasteiger charge is 2.25. The average Bonchev–Trinajstić information content (AvgIpc) is 2.54. The van der Waals surface area contributed by atoms with Crippen LogP contribution in [0.4, 0.5) is 0 Å². The lowest BCUT2D eigenvalue weighted by molar-refractivity contribution is -0.124. The number of ether oxygens (including phenoxy) is 1. The Morgan fingerprint density at radius 1 is 0.778 bits per heavy atom. The Hall–Kier alpha value is -1.10. The fourth-order valence-electron chi connectivity index (χ4n) is 2.52. The van der Waals surface area contributed by atoms with Crippen molar-refractivity contribution in [2.75, 3.05) is 19.7 Å². The molecule has 0 aliphatic heterocycles. The highest BCUT2D eigenvalue weighted by molar-refractivity contribution is 5.76. The Bertz CT molecular complexity index is 443. The number of hydrogen-bond acceptors (Lipinski definition) is 3. The molecule has 5 heteroatoms. The second kappa shape index (κ2) is 12.4. The summed E-state index contributed by atoms with van der Waals surface area (Å²) in [6.45, 7) is 18.8. The van der Waals surface area contributed by atoms with E-state index in [1.165, 1.54) is 0 Å². The van der Waals surface area contributed by atoms with Gasteiger partial charge in [0.25, 0.3) is 0 Å². The molecule has 0 aromatic carbocycles. The van der Waals surface area contributed by atoms with Crippen molar-refractivity contribution in [2.24, 2.45) is 17.3 Å². The molecule has 2 N–H and O–H groups in total. The zero-order valence-corrected chi connectivity index (χ0v) is 19.0. The highest BCUT2D eigenvalue weighted by Crippen LogP contribution is 2.32. The number of carbonyl (C=O) groups is 2. The van der Waals surface area contributed by atoms with E-state index in [9.17, 15) is 9.59 Å². The summed E-state index contributed by atoms with van der Waals surface area (Å²) in [5.74, 6) is 1.13. The minimum atomic E-state index is -0.268. The molecule has 0 atom stereocenters. The van der Waals surface area contributed by atoms with Gasteiger partial charge in [0.2, 0.25) is 11.8 Å². The maximum absolute atomic E-state index is 11.9. The van der Waals surface area contributed by atoms with Crippen LogP contribution in [0.5, 0.6) is 0 Å². The Labute approximate surface area is 167 Å². The molecule has 0 saturated heterocycles. The summed E-state index contributed by atoms with van der Waals surface area (Å²) < 4.78 is 5.95. The van der Waals surface area contributed by atoms with Crippen molar-refractivity contribution in [3.8, 4) is 0 Å². The van der Waals surface area contributed by atoms with Crippen LogP contribution in [0.2, 0.25) is 0 Å². The summed E-state index contributed by atoms with van der Waals surface area (Å²) in [7, 11) is 0. The Balaban J connectivity index is 4.11. The van der Waals surface area contributed by atoms with Gasteiger partial charge in [0.05, 0.1) is 12.2 Å². The van der Waals surface area contributed by atoms with E-state index in [-0.39, 0.29) is 22.8 Å². The van der Waals surface area contributed by atoms with Crippen molar-refractivity contribution >= 4 is 11.8 Å². The van der Waals surface area contributed by atoms with E-state index in [4.69, 9.17) is 4.74 Å². The van der Waals surface area contributed by atoms with Crippen molar-refractivity contribution in [1.82, 2.24) is 10.6 Å². The molecular weight excluding hydrogens is 340 g/mol. The molecule has 5 nitrogen and oxygen atoms in total. The summed E-state index contributed by atoms with van der Waals surface area (Å²) in [5.41, 5.74) is -0.181. The number of nitrogens with one attached hydrogen (secondary N) is 2. The van der Waals surface area contributed by atoms with Crippen LogP contribution >= 0.6 is 0 Å². The molecule has 27 heavy (non-hydrogen) atoms. The molecule has 0 radical (unpaired) electrons. The Morgan fingerprint density at radius 2 is 1.26 bits per heavy atom. The van der Waals surface area contributed by atoms with Gasteiger partial charge >= 0.3 is 0 Å². The molecule has 0 rings (SSSR count). The SMILES string of the molecule is CC(C)CNC(=O)CCOC(C)(C)CCC(C)(C)CCC(=O)NCC(C)C. The van der Waals surface area contributed by atoms with Crippen molar-refractivity contribution < 1.29 is 14.3 Å². The molecule has 0 aliphatic rings. The Kier molecular flexibility index (Phi) is 11.9. The topological polar surface area (TPSA) is 67.4 Å². The number of rotatable bonds is 14. The van der Waals surface area contributed by atoms with Crippen LogP contribution in [0, 0.1) is 17.3 Å². The van der Waals surface area contributed by atoms with Gasteiger partial charge in [0, 0.05) is 25.9 Å². The third-order valence-corrected chi connectivity index (χ3v) is 4.67. The zero-order valence-electron chi connectivity index (χ0n) is 19.0. The van der Waals surface area contributed by atoms with E-state index in [2.05, 4.69) is 66.0 Å². The van der Waals surface area contributed by atoms with E-state index in [1.807, 2.05) is 0 Å². The van der Waals surface area contributed by atoms with Gasteiger partial charge in [-0.2, -0.15) is 0 Å². The van der Waals surface area contributed by atoms with Gasteiger partial charge in [-0.1, -0.05) is 41.5 Å². The van der Waals surface area contributed by atoms with Crippen LogP contribution in [0.25, 0.3) is 0 Å². The predicted molar refractivity (Wildman–Crippen MR) is 113 cm³/mol. The first-order chi connectivity index (χ1) is 12.3. The van der Waals surface area contributed by atoms with E-state index >= 15 is 0 Å². The summed E-state index contributed by atoms with van der Waals surface area (Å²) in [5, 5.41) is 5.89. The maximum Gasteiger partial charge on any atom is 0.222 e. The second-order valence-corrected chi connectivity index (χ2v) is 9.92. The minimum absolute atomic E-state index is 0.0484. The summed E-state index contributed by atoms with van der Waals surface area (Å²) >= 11 is 0. The van der Waals surface area contributed by atoms with Gasteiger partial charge in [0.15, 0.2) is 0 Å². The van der Waals surface area contributed by atoms with Crippen molar-refractivity contribution in [1.29, 1.82) is 0 Å². The van der Waals surface area contributed by atoms with Crippen LogP contribution in [0.15, 0.2) is 0 Å². The van der Waals surface area contributed by atoms with Crippen molar-refractivity contribution in [3.63, 3.8) is 0 Å². The number of hydrogen-bond donors (Lipinski definition) is 2. The van der Waals surface area contributed by atoms with E-state index in [1.54, 1.807) is 0 Å². The lowest BCUT2D eigenvalue weighted by Gasteiger charge is -2.31. The number of amides is 2. The van der Waals surface area contributed by atoms with Gasteiger partial charge in [-0.05, 0) is 50.4 Å². The first kappa shape index (κ1) is 25.9. The van der Waals surface area contributed by atoms with Crippen LogP contribution in [-0.2, 0) is 14.3 Å². The van der Waals surface area contributed by atoms with Gasteiger partial charge in [-0.15, -0.1) is 0 Å². The normalized spacial score (nSPS) is 12.5. The fraction of sp³-hybridized carbons (Fsp3) is 0.909. The highest BCUT2D eigenvalue weighted by atomic mass is 16.5. The standard InChI is InChI=1S/C22H44N2O3/c1-17(2)15-23-19(25)9-11-21(5,6)12-13-22(7,8)27-14-10-20(26)24-16-18(3)4/h17-18H,9-16H2,1-8H3,(H,23,25)(H,24,26). The second-order valence-electron chi connectivity index (χ2n) is 9.92. The molecule has 160 valence electrons. The summed E-state index contributed by atoms with van der Waals surface area (Å²) in [6, 6.07) is 0. The van der Waals surface area contributed by atoms with Gasteiger partial charge < -0.3 is 15.4 Å². The fourth-order valence-corrected chi connectivity index (χ4v) is 2.52. The first-order valence-corrected chi connectivity index (χ1v) is 10.5. The minimum Gasteiger partial charge on any atom is -0.375 e. The van der Waals surface area contributed by atoms with Gasteiger partial charge in [0.1, 0.15) is 0 Å². The van der Waals surface area contributed by atoms with Gasteiger partial charge in [-0.25, -0.2) is 0 Å². The number of carbonyl (C=O) groups excluding carboxylic acids is 2. The van der Waals surface area contributed by atoms with E-state index in [0.717, 1.165) is 25.8 Å².